The lowest BCUT2D eigenvalue weighted by Gasteiger charge is -2.02. The van der Waals surface area contributed by atoms with Crippen molar-refractivity contribution in [2.75, 3.05) is 5.73 Å². The Morgan fingerprint density at radius 3 is 2.79 bits per heavy atom. The predicted molar refractivity (Wildman–Crippen MR) is 69.6 cm³/mol. The highest BCUT2D eigenvalue weighted by molar-refractivity contribution is 7.13. The molecule has 0 amide bonds. The van der Waals surface area contributed by atoms with Gasteiger partial charge in [0.1, 0.15) is 11.6 Å². The Kier molecular flexibility index (Phi) is 2.79. The molecule has 0 saturated heterocycles. The van der Waals surface area contributed by atoms with Crippen LogP contribution in [-0.4, -0.2) is 5.16 Å². The summed E-state index contributed by atoms with van der Waals surface area (Å²) in [7, 11) is 0. The molecule has 19 heavy (non-hydrogen) atoms. The van der Waals surface area contributed by atoms with Gasteiger partial charge in [0.2, 0.25) is 0 Å². The van der Waals surface area contributed by atoms with Gasteiger partial charge in [-0.1, -0.05) is 11.2 Å². The van der Waals surface area contributed by atoms with Crippen LogP contribution in [0.1, 0.15) is 0 Å². The van der Waals surface area contributed by atoms with Crippen molar-refractivity contribution in [2.45, 2.75) is 0 Å². The third-order valence-electron chi connectivity index (χ3n) is 2.66. The van der Waals surface area contributed by atoms with E-state index in [1.54, 1.807) is 0 Å². The van der Waals surface area contributed by atoms with Crippen LogP contribution >= 0.6 is 11.3 Å². The van der Waals surface area contributed by atoms with E-state index in [2.05, 4.69) is 5.16 Å². The van der Waals surface area contributed by atoms with Crippen molar-refractivity contribution in [2.24, 2.45) is 0 Å². The third-order valence-corrected chi connectivity index (χ3v) is 3.55. The number of anilines is 1. The minimum Gasteiger partial charge on any atom is -0.380 e. The van der Waals surface area contributed by atoms with Gasteiger partial charge in [0.25, 0.3) is 0 Å². The van der Waals surface area contributed by atoms with Gasteiger partial charge in [-0.3, -0.25) is 0 Å². The average Bonchev–Trinajstić information content (AvgIpc) is 3.01. The molecule has 1 aromatic carbocycles. The molecule has 3 rings (SSSR count). The fraction of sp³-hybridized carbons (Fsp3) is 0. The topological polar surface area (TPSA) is 52.0 Å². The Balaban J connectivity index is 2.24. The maximum Gasteiger partial charge on any atom is 0.180 e. The Labute approximate surface area is 111 Å². The highest BCUT2D eigenvalue weighted by Crippen LogP contribution is 2.39. The summed E-state index contributed by atoms with van der Waals surface area (Å²) in [5.74, 6) is -0.850. The zero-order valence-electron chi connectivity index (χ0n) is 9.56. The number of aromatic nitrogens is 1. The summed E-state index contributed by atoms with van der Waals surface area (Å²) in [6, 6.07) is 6.80. The first-order chi connectivity index (χ1) is 9.16. The van der Waals surface area contributed by atoms with Gasteiger partial charge in [0.15, 0.2) is 11.6 Å². The molecule has 0 atom stereocenters. The lowest BCUT2D eigenvalue weighted by molar-refractivity contribution is 0.433. The van der Waals surface area contributed by atoms with E-state index in [0.717, 1.165) is 23.1 Å². The van der Waals surface area contributed by atoms with Crippen LogP contribution in [0.5, 0.6) is 0 Å². The first kappa shape index (κ1) is 11.9. The van der Waals surface area contributed by atoms with Gasteiger partial charge >= 0.3 is 0 Å². The summed E-state index contributed by atoms with van der Waals surface area (Å²) in [5, 5.41) is 5.49. The maximum atomic E-state index is 13.8. The standard InChI is InChI=1S/C13H8F2N2OS/c14-7-3-4-9(15)8(6-7)12-11(13(16)17-18-12)10-2-1-5-19-10/h1-6H,(H2,16,17). The number of rotatable bonds is 2. The molecule has 3 nitrogen and oxygen atoms in total. The SMILES string of the molecule is Nc1noc(-c2cc(F)ccc2F)c1-c1cccs1. The van der Waals surface area contributed by atoms with Crippen LogP contribution in [0.15, 0.2) is 40.2 Å². The number of hydrogen-bond donors (Lipinski definition) is 1. The summed E-state index contributed by atoms with van der Waals surface area (Å²) < 4.78 is 32.1. The average molecular weight is 278 g/mol. The van der Waals surface area contributed by atoms with Gasteiger partial charge in [-0.05, 0) is 29.6 Å². The quantitative estimate of drug-likeness (QED) is 0.772. The number of halogens is 2. The van der Waals surface area contributed by atoms with Crippen molar-refractivity contribution in [3.63, 3.8) is 0 Å². The van der Waals surface area contributed by atoms with Gasteiger partial charge in [-0.25, -0.2) is 8.78 Å². The molecule has 2 heterocycles. The van der Waals surface area contributed by atoms with Crippen molar-refractivity contribution >= 4 is 17.2 Å². The summed E-state index contributed by atoms with van der Waals surface area (Å²) in [5.41, 5.74) is 6.24. The van der Waals surface area contributed by atoms with E-state index in [1.165, 1.54) is 11.3 Å². The largest absolute Gasteiger partial charge is 0.380 e. The fourth-order valence-corrected chi connectivity index (χ4v) is 2.59. The molecule has 0 aliphatic carbocycles. The Hall–Kier alpha value is -2.21. The number of thiophene rings is 1. The number of nitrogen functional groups attached to an aromatic ring is 1. The molecule has 0 fully saturated rings. The summed E-state index contributed by atoms with van der Waals surface area (Å²) >= 11 is 1.42. The molecule has 3 aromatic rings. The van der Waals surface area contributed by atoms with Crippen molar-refractivity contribution in [1.82, 2.24) is 5.16 Å². The van der Waals surface area contributed by atoms with E-state index in [1.807, 2.05) is 17.5 Å². The van der Waals surface area contributed by atoms with Crippen LogP contribution in [0.4, 0.5) is 14.6 Å². The van der Waals surface area contributed by atoms with Crippen molar-refractivity contribution < 1.29 is 13.3 Å². The minimum absolute atomic E-state index is 0.00704. The van der Waals surface area contributed by atoms with Crippen LogP contribution in [0, 0.1) is 11.6 Å². The number of nitrogens with zero attached hydrogens (tertiary/aromatic N) is 1. The molecule has 6 heteroatoms. The zero-order valence-corrected chi connectivity index (χ0v) is 10.4. The van der Waals surface area contributed by atoms with E-state index in [9.17, 15) is 8.78 Å². The lowest BCUT2D eigenvalue weighted by atomic mass is 10.1. The minimum atomic E-state index is -0.588. The molecule has 0 spiro atoms. The summed E-state index contributed by atoms with van der Waals surface area (Å²) in [6.45, 7) is 0. The molecule has 96 valence electrons. The Bertz CT molecular complexity index is 722. The van der Waals surface area contributed by atoms with E-state index < -0.39 is 11.6 Å². The summed E-state index contributed by atoms with van der Waals surface area (Å²) in [4.78, 5) is 0.789. The van der Waals surface area contributed by atoms with Crippen molar-refractivity contribution in [3.05, 3.63) is 47.3 Å². The highest BCUT2D eigenvalue weighted by atomic mass is 32.1. The van der Waals surface area contributed by atoms with Gasteiger partial charge in [0.05, 0.1) is 11.1 Å². The van der Waals surface area contributed by atoms with Crippen LogP contribution in [0.2, 0.25) is 0 Å². The third kappa shape index (κ3) is 2.00. The van der Waals surface area contributed by atoms with Crippen molar-refractivity contribution in [3.8, 4) is 21.8 Å². The molecule has 0 saturated carbocycles. The molecule has 0 bridgehead atoms. The molecular weight excluding hydrogens is 270 g/mol. The molecular formula is C13H8F2N2OS. The second-order valence-corrected chi connectivity index (χ2v) is 4.82. The Morgan fingerprint density at radius 2 is 2.05 bits per heavy atom. The highest BCUT2D eigenvalue weighted by Gasteiger charge is 2.21. The smallest absolute Gasteiger partial charge is 0.180 e. The number of nitrogens with two attached hydrogens (primary N) is 1. The second kappa shape index (κ2) is 4.47. The first-order valence-electron chi connectivity index (χ1n) is 5.41. The van der Waals surface area contributed by atoms with E-state index in [4.69, 9.17) is 10.3 Å². The number of hydrogen-bond acceptors (Lipinski definition) is 4. The normalized spacial score (nSPS) is 10.8. The molecule has 0 aliphatic heterocycles. The zero-order chi connectivity index (χ0) is 13.4. The van der Waals surface area contributed by atoms with Crippen LogP contribution in [-0.2, 0) is 0 Å². The molecule has 2 N–H and O–H groups in total. The van der Waals surface area contributed by atoms with E-state index in [0.29, 0.717) is 5.56 Å². The molecule has 0 radical (unpaired) electrons. The Morgan fingerprint density at radius 1 is 1.21 bits per heavy atom. The van der Waals surface area contributed by atoms with Crippen molar-refractivity contribution in [1.29, 1.82) is 0 Å². The fourth-order valence-electron chi connectivity index (χ4n) is 1.82. The van der Waals surface area contributed by atoms with Crippen LogP contribution in [0.25, 0.3) is 21.8 Å². The first-order valence-corrected chi connectivity index (χ1v) is 6.29. The van der Waals surface area contributed by atoms with E-state index >= 15 is 0 Å². The molecule has 2 aromatic heterocycles. The van der Waals surface area contributed by atoms with Gasteiger partial charge in [-0.15, -0.1) is 11.3 Å². The monoisotopic (exact) mass is 278 g/mol. The number of benzene rings is 1. The van der Waals surface area contributed by atoms with Crippen LogP contribution < -0.4 is 5.73 Å². The summed E-state index contributed by atoms with van der Waals surface area (Å²) in [6.07, 6.45) is 0. The molecule has 0 aliphatic rings. The van der Waals surface area contributed by atoms with Crippen LogP contribution in [0.3, 0.4) is 0 Å². The lowest BCUT2D eigenvalue weighted by Crippen LogP contribution is -1.89. The second-order valence-electron chi connectivity index (χ2n) is 3.87. The maximum absolute atomic E-state index is 13.8. The van der Waals surface area contributed by atoms with E-state index in [-0.39, 0.29) is 17.1 Å². The van der Waals surface area contributed by atoms with Gasteiger partial charge in [0, 0.05) is 4.88 Å². The predicted octanol–water partition coefficient (Wildman–Crippen LogP) is 3.93. The van der Waals surface area contributed by atoms with Gasteiger partial charge in [-0.2, -0.15) is 0 Å². The molecule has 0 unspecified atom stereocenters. The van der Waals surface area contributed by atoms with Gasteiger partial charge < -0.3 is 10.3 Å².